The van der Waals surface area contributed by atoms with Gasteiger partial charge in [0, 0.05) is 33.8 Å². The largest absolute Gasteiger partial charge is 0.497 e. The minimum absolute atomic E-state index is 0.00430. The summed E-state index contributed by atoms with van der Waals surface area (Å²) in [6.45, 7) is 1.78. The number of carbonyl (C=O) groups excluding carboxylic acids is 3. The monoisotopic (exact) mass is 641 g/mol. The Kier molecular flexibility index (Phi) is 11.7. The van der Waals surface area contributed by atoms with E-state index in [0.29, 0.717) is 45.5 Å². The maximum Gasteiger partial charge on any atom is 0.272 e. The minimum Gasteiger partial charge on any atom is -0.497 e. The van der Waals surface area contributed by atoms with E-state index in [1.807, 2.05) is 6.07 Å². The molecule has 0 fully saturated rings. The summed E-state index contributed by atoms with van der Waals surface area (Å²) < 4.78 is 21.4. The summed E-state index contributed by atoms with van der Waals surface area (Å²) in [5.41, 5.74) is 1.90. The molecule has 0 saturated heterocycles. The lowest BCUT2D eigenvalue weighted by Crippen LogP contribution is -2.30. The first-order valence-corrected chi connectivity index (χ1v) is 15.0. The topological polar surface area (TPSA) is 124 Å². The Morgan fingerprint density at radius 2 is 1.41 bits per heavy atom. The number of methoxy groups -OCH3 is 4. The van der Waals surface area contributed by atoms with Gasteiger partial charge < -0.3 is 34.9 Å². The summed E-state index contributed by atoms with van der Waals surface area (Å²) >= 11 is 1.31. The van der Waals surface area contributed by atoms with Crippen LogP contribution in [0.15, 0.2) is 102 Å². The van der Waals surface area contributed by atoms with Crippen LogP contribution in [0.5, 0.6) is 23.0 Å². The second-order valence-corrected chi connectivity index (χ2v) is 11.2. The van der Waals surface area contributed by atoms with Gasteiger partial charge in [0.15, 0.2) is 0 Å². The Labute approximate surface area is 272 Å². The van der Waals surface area contributed by atoms with Gasteiger partial charge in [-0.3, -0.25) is 14.4 Å². The highest BCUT2D eigenvalue weighted by Crippen LogP contribution is 2.32. The van der Waals surface area contributed by atoms with E-state index >= 15 is 0 Å². The van der Waals surface area contributed by atoms with Crippen LogP contribution in [-0.2, 0) is 9.59 Å². The highest BCUT2D eigenvalue weighted by atomic mass is 32.2. The van der Waals surface area contributed by atoms with Crippen molar-refractivity contribution in [3.05, 3.63) is 108 Å². The van der Waals surface area contributed by atoms with E-state index in [9.17, 15) is 14.4 Å². The molecule has 3 N–H and O–H groups in total. The quantitative estimate of drug-likeness (QED) is 0.116. The zero-order valence-electron chi connectivity index (χ0n) is 26.1. The highest BCUT2D eigenvalue weighted by molar-refractivity contribution is 8.00. The standard InChI is InChI=1S/C35H35N3O7S/c1-22(33(39)37-29-20-26(42-2)16-17-31(29)44-4)46-28-13-9-12-25(19-28)36-35(41)30(38-34(40)23-10-7-6-8-11-23)18-24-14-15-27(43-3)21-32(24)45-5/h6-22H,1-5H3,(H,36,41)(H,37,39)(H,38,40)/b30-18+. The predicted octanol–water partition coefficient (Wildman–Crippen LogP) is 6.25. The van der Waals surface area contributed by atoms with Gasteiger partial charge in [0.05, 0.1) is 39.4 Å². The van der Waals surface area contributed by atoms with Gasteiger partial charge in [0.25, 0.3) is 11.8 Å². The van der Waals surface area contributed by atoms with Crippen LogP contribution in [0, 0.1) is 0 Å². The molecule has 4 aromatic carbocycles. The number of thioether (sulfide) groups is 1. The molecule has 3 amide bonds. The molecule has 10 nitrogen and oxygen atoms in total. The lowest BCUT2D eigenvalue weighted by atomic mass is 10.1. The van der Waals surface area contributed by atoms with Crippen molar-refractivity contribution in [2.45, 2.75) is 17.1 Å². The molecule has 0 radical (unpaired) electrons. The lowest BCUT2D eigenvalue weighted by Gasteiger charge is -2.16. The fourth-order valence-corrected chi connectivity index (χ4v) is 5.21. The Hall–Kier alpha value is -5.42. The molecular formula is C35H35N3O7S. The number of anilines is 2. The molecule has 0 spiro atoms. The SMILES string of the molecule is COc1ccc(OC)c(NC(=O)C(C)Sc2cccc(NC(=O)/C(=C\c3ccc(OC)cc3OC)NC(=O)c3ccccc3)c2)c1. The van der Waals surface area contributed by atoms with E-state index in [2.05, 4.69) is 16.0 Å². The molecule has 1 unspecified atom stereocenters. The Morgan fingerprint density at radius 3 is 2.11 bits per heavy atom. The fraction of sp³-hybridized carbons (Fsp3) is 0.171. The van der Waals surface area contributed by atoms with E-state index in [1.165, 1.54) is 32.1 Å². The number of benzene rings is 4. The predicted molar refractivity (Wildman–Crippen MR) is 180 cm³/mol. The Balaban J connectivity index is 1.53. The number of amides is 3. The first kappa shape index (κ1) is 33.5. The molecular weight excluding hydrogens is 606 g/mol. The molecule has 0 aliphatic carbocycles. The molecule has 0 aliphatic rings. The number of ether oxygens (including phenoxy) is 4. The molecule has 0 saturated carbocycles. The smallest absolute Gasteiger partial charge is 0.272 e. The average Bonchev–Trinajstić information content (AvgIpc) is 3.08. The zero-order valence-corrected chi connectivity index (χ0v) is 26.9. The third-order valence-electron chi connectivity index (χ3n) is 6.71. The number of hydrogen-bond acceptors (Lipinski definition) is 8. The van der Waals surface area contributed by atoms with Gasteiger partial charge in [0.2, 0.25) is 5.91 Å². The van der Waals surface area contributed by atoms with Crippen molar-refractivity contribution in [3.63, 3.8) is 0 Å². The van der Waals surface area contributed by atoms with E-state index in [1.54, 1.807) is 106 Å². The van der Waals surface area contributed by atoms with Crippen LogP contribution in [0.1, 0.15) is 22.8 Å². The van der Waals surface area contributed by atoms with Crippen molar-refractivity contribution in [3.8, 4) is 23.0 Å². The molecule has 0 heterocycles. The van der Waals surface area contributed by atoms with Crippen LogP contribution in [0.25, 0.3) is 6.08 Å². The van der Waals surface area contributed by atoms with Crippen molar-refractivity contribution < 1.29 is 33.3 Å². The van der Waals surface area contributed by atoms with Gasteiger partial charge in [-0.2, -0.15) is 0 Å². The summed E-state index contributed by atoms with van der Waals surface area (Å²) in [5, 5.41) is 7.98. The Bertz CT molecular complexity index is 1730. The summed E-state index contributed by atoms with van der Waals surface area (Å²) in [6.07, 6.45) is 1.53. The number of rotatable bonds is 13. The molecule has 0 aliphatic heterocycles. The van der Waals surface area contributed by atoms with E-state index in [4.69, 9.17) is 18.9 Å². The van der Waals surface area contributed by atoms with E-state index in [0.717, 1.165) is 4.90 Å². The van der Waals surface area contributed by atoms with E-state index in [-0.39, 0.29) is 11.6 Å². The van der Waals surface area contributed by atoms with Crippen LogP contribution in [0.3, 0.4) is 0 Å². The second kappa shape index (κ2) is 16.1. The minimum atomic E-state index is -0.555. The summed E-state index contributed by atoms with van der Waals surface area (Å²) in [7, 11) is 6.12. The zero-order chi connectivity index (χ0) is 33.1. The van der Waals surface area contributed by atoms with Crippen LogP contribution in [-0.4, -0.2) is 51.4 Å². The van der Waals surface area contributed by atoms with E-state index < -0.39 is 17.1 Å². The molecule has 46 heavy (non-hydrogen) atoms. The molecule has 4 rings (SSSR count). The van der Waals surface area contributed by atoms with Crippen molar-refractivity contribution >= 4 is 46.9 Å². The van der Waals surface area contributed by atoms with Gasteiger partial charge in [-0.15, -0.1) is 11.8 Å². The summed E-state index contributed by atoms with van der Waals surface area (Å²) in [4.78, 5) is 40.5. The first-order valence-electron chi connectivity index (χ1n) is 14.2. The van der Waals surface area contributed by atoms with Crippen molar-refractivity contribution in [1.29, 1.82) is 0 Å². The van der Waals surface area contributed by atoms with Crippen LogP contribution < -0.4 is 34.9 Å². The summed E-state index contributed by atoms with van der Waals surface area (Å²) in [6, 6.07) is 26.0. The number of hydrogen-bond donors (Lipinski definition) is 3. The third-order valence-corrected chi connectivity index (χ3v) is 7.80. The normalized spacial score (nSPS) is 11.5. The van der Waals surface area contributed by atoms with Gasteiger partial charge >= 0.3 is 0 Å². The fourth-order valence-electron chi connectivity index (χ4n) is 4.28. The molecule has 11 heteroatoms. The Morgan fingerprint density at radius 1 is 0.717 bits per heavy atom. The van der Waals surface area contributed by atoms with Crippen molar-refractivity contribution in [2.24, 2.45) is 0 Å². The van der Waals surface area contributed by atoms with Gasteiger partial charge in [-0.25, -0.2) is 0 Å². The van der Waals surface area contributed by atoms with Gasteiger partial charge in [-0.1, -0.05) is 24.3 Å². The molecule has 1 atom stereocenters. The van der Waals surface area contributed by atoms with Crippen molar-refractivity contribution in [1.82, 2.24) is 5.32 Å². The lowest BCUT2D eigenvalue weighted by molar-refractivity contribution is -0.115. The van der Waals surface area contributed by atoms with Gasteiger partial charge in [-0.05, 0) is 67.6 Å². The van der Waals surface area contributed by atoms with Crippen LogP contribution >= 0.6 is 11.8 Å². The molecule has 4 aromatic rings. The average molecular weight is 642 g/mol. The third kappa shape index (κ3) is 8.82. The molecule has 0 bridgehead atoms. The maximum absolute atomic E-state index is 13.6. The molecule has 238 valence electrons. The van der Waals surface area contributed by atoms with Gasteiger partial charge in [0.1, 0.15) is 28.7 Å². The molecule has 0 aromatic heterocycles. The highest BCUT2D eigenvalue weighted by Gasteiger charge is 2.19. The number of nitrogens with one attached hydrogen (secondary N) is 3. The van der Waals surface area contributed by atoms with Crippen LogP contribution in [0.4, 0.5) is 11.4 Å². The van der Waals surface area contributed by atoms with Crippen LogP contribution in [0.2, 0.25) is 0 Å². The first-order chi connectivity index (χ1) is 22.2. The second-order valence-electron chi connectivity index (χ2n) is 9.78. The summed E-state index contributed by atoms with van der Waals surface area (Å²) in [5.74, 6) is 0.869. The number of carbonyl (C=O) groups is 3. The van der Waals surface area contributed by atoms with Crippen molar-refractivity contribution in [2.75, 3.05) is 39.1 Å². The maximum atomic E-state index is 13.6.